The number of carbonyl (C=O) groups is 1. The number of amides is 1. The van der Waals surface area contributed by atoms with Crippen LogP contribution < -0.4 is 4.90 Å². The molecule has 1 heterocycles. The fraction of sp³-hybridized carbons (Fsp3) is 0.318. The third kappa shape index (κ3) is 4.95. The molecule has 0 bridgehead atoms. The van der Waals surface area contributed by atoms with E-state index in [-0.39, 0.29) is 11.7 Å². The molecule has 0 radical (unpaired) electrons. The number of β-amino-alcohol motifs (C(OH)–C–C–N with tert-alkyl or cyclic N) is 1. The number of aliphatic hydroxyl groups excluding tert-OH is 1. The molecule has 2 aromatic carbocycles. The highest BCUT2D eigenvalue weighted by molar-refractivity contribution is 5.78. The number of rotatable bonds is 6. The van der Waals surface area contributed by atoms with E-state index in [1.165, 1.54) is 12.1 Å². The van der Waals surface area contributed by atoms with Crippen LogP contribution in [0.15, 0.2) is 61.2 Å². The van der Waals surface area contributed by atoms with E-state index in [2.05, 4.69) is 6.58 Å². The average molecular weight is 368 g/mol. The zero-order valence-corrected chi connectivity index (χ0v) is 15.4. The van der Waals surface area contributed by atoms with Crippen molar-refractivity contribution in [3.05, 3.63) is 78.1 Å². The standard InChI is InChI=1S/C22H25FN2O2/c1-2-11-25-15-18-14-19(23)8-9-21(18)24(12-10-22(25)27)16-20(26)13-17-6-4-3-5-7-17/h2-9,14,20,26H,1,10-13,15-16H2. The molecule has 0 saturated carbocycles. The van der Waals surface area contributed by atoms with E-state index in [1.807, 2.05) is 35.2 Å². The average Bonchev–Trinajstić information content (AvgIpc) is 2.65. The van der Waals surface area contributed by atoms with Crippen LogP contribution >= 0.6 is 0 Å². The van der Waals surface area contributed by atoms with Gasteiger partial charge in [0.15, 0.2) is 0 Å². The van der Waals surface area contributed by atoms with Crippen LogP contribution in [0.1, 0.15) is 17.5 Å². The number of carbonyl (C=O) groups excluding carboxylic acids is 1. The summed E-state index contributed by atoms with van der Waals surface area (Å²) in [6.07, 6.45) is 1.98. The highest BCUT2D eigenvalue weighted by Crippen LogP contribution is 2.26. The van der Waals surface area contributed by atoms with E-state index in [4.69, 9.17) is 0 Å². The Labute approximate surface area is 159 Å². The van der Waals surface area contributed by atoms with Crippen LogP contribution in [0, 0.1) is 5.82 Å². The predicted molar refractivity (Wildman–Crippen MR) is 105 cm³/mol. The van der Waals surface area contributed by atoms with Gasteiger partial charge in [-0.3, -0.25) is 4.79 Å². The molecule has 27 heavy (non-hydrogen) atoms. The molecular formula is C22H25FN2O2. The van der Waals surface area contributed by atoms with Crippen molar-refractivity contribution >= 4 is 11.6 Å². The van der Waals surface area contributed by atoms with Crippen molar-refractivity contribution in [1.29, 1.82) is 0 Å². The van der Waals surface area contributed by atoms with Gasteiger partial charge in [0, 0.05) is 44.7 Å². The van der Waals surface area contributed by atoms with E-state index in [0.717, 1.165) is 16.8 Å². The number of nitrogens with zero attached hydrogens (tertiary/aromatic N) is 2. The van der Waals surface area contributed by atoms with Gasteiger partial charge in [-0.1, -0.05) is 36.4 Å². The Morgan fingerprint density at radius 3 is 2.70 bits per heavy atom. The van der Waals surface area contributed by atoms with Crippen molar-refractivity contribution in [2.24, 2.45) is 0 Å². The molecule has 0 fully saturated rings. The number of hydrogen-bond acceptors (Lipinski definition) is 3. The summed E-state index contributed by atoms with van der Waals surface area (Å²) < 4.78 is 13.8. The molecule has 1 aliphatic rings. The van der Waals surface area contributed by atoms with Gasteiger partial charge in [0.05, 0.1) is 6.10 Å². The molecule has 1 unspecified atom stereocenters. The molecule has 142 valence electrons. The molecule has 1 aliphatic heterocycles. The van der Waals surface area contributed by atoms with Crippen LogP contribution in [-0.2, 0) is 17.8 Å². The number of halogens is 1. The van der Waals surface area contributed by atoms with Gasteiger partial charge in [0.2, 0.25) is 5.91 Å². The van der Waals surface area contributed by atoms with Crippen LogP contribution in [0.4, 0.5) is 10.1 Å². The van der Waals surface area contributed by atoms with Crippen LogP contribution in [0.2, 0.25) is 0 Å². The zero-order chi connectivity index (χ0) is 19.2. The number of aliphatic hydroxyl groups is 1. The van der Waals surface area contributed by atoms with Crippen molar-refractivity contribution in [1.82, 2.24) is 4.90 Å². The molecule has 1 atom stereocenters. The molecule has 0 aliphatic carbocycles. The molecule has 0 aromatic heterocycles. The highest BCUT2D eigenvalue weighted by atomic mass is 19.1. The molecular weight excluding hydrogens is 343 g/mol. The molecule has 4 nitrogen and oxygen atoms in total. The fourth-order valence-corrected chi connectivity index (χ4v) is 3.51. The van der Waals surface area contributed by atoms with Gasteiger partial charge in [0.1, 0.15) is 5.82 Å². The van der Waals surface area contributed by atoms with Crippen molar-refractivity contribution in [2.75, 3.05) is 24.5 Å². The van der Waals surface area contributed by atoms with Gasteiger partial charge in [-0.2, -0.15) is 0 Å². The van der Waals surface area contributed by atoms with Gasteiger partial charge >= 0.3 is 0 Å². The Bertz CT molecular complexity index is 794. The molecule has 1 N–H and O–H groups in total. The second-order valence-electron chi connectivity index (χ2n) is 6.88. The lowest BCUT2D eigenvalue weighted by Crippen LogP contribution is -2.41. The Morgan fingerprint density at radius 1 is 1.19 bits per heavy atom. The number of hydrogen-bond donors (Lipinski definition) is 1. The van der Waals surface area contributed by atoms with E-state index < -0.39 is 6.10 Å². The first-order valence-electron chi connectivity index (χ1n) is 9.21. The molecule has 3 rings (SSSR count). The third-order valence-electron chi connectivity index (χ3n) is 4.79. The maximum atomic E-state index is 13.8. The largest absolute Gasteiger partial charge is 0.391 e. The first-order valence-corrected chi connectivity index (χ1v) is 9.21. The lowest BCUT2D eigenvalue weighted by Gasteiger charge is -2.34. The van der Waals surface area contributed by atoms with Crippen molar-refractivity contribution in [3.63, 3.8) is 0 Å². The number of anilines is 1. The van der Waals surface area contributed by atoms with E-state index in [1.54, 1.807) is 17.0 Å². The predicted octanol–water partition coefficient (Wildman–Crippen LogP) is 3.15. The monoisotopic (exact) mass is 368 g/mol. The lowest BCUT2D eigenvalue weighted by molar-refractivity contribution is -0.131. The van der Waals surface area contributed by atoms with E-state index in [0.29, 0.717) is 39.0 Å². The highest BCUT2D eigenvalue weighted by Gasteiger charge is 2.24. The summed E-state index contributed by atoms with van der Waals surface area (Å²) in [6.45, 7) is 5.35. The maximum absolute atomic E-state index is 13.8. The van der Waals surface area contributed by atoms with E-state index >= 15 is 0 Å². The fourth-order valence-electron chi connectivity index (χ4n) is 3.51. The summed E-state index contributed by atoms with van der Waals surface area (Å²) in [5.41, 5.74) is 2.67. The van der Waals surface area contributed by atoms with Crippen LogP contribution in [0.3, 0.4) is 0 Å². The normalized spacial score (nSPS) is 15.7. The maximum Gasteiger partial charge on any atom is 0.224 e. The summed E-state index contributed by atoms with van der Waals surface area (Å²) in [5.74, 6) is -0.322. The summed E-state index contributed by atoms with van der Waals surface area (Å²) in [4.78, 5) is 16.1. The van der Waals surface area contributed by atoms with Gasteiger partial charge in [-0.05, 0) is 29.3 Å². The first kappa shape index (κ1) is 19.1. The Kier molecular flexibility index (Phi) is 6.24. The Hall–Kier alpha value is -2.66. The van der Waals surface area contributed by atoms with Gasteiger partial charge < -0.3 is 14.9 Å². The van der Waals surface area contributed by atoms with Gasteiger partial charge in [0.25, 0.3) is 0 Å². The molecule has 0 spiro atoms. The second kappa shape index (κ2) is 8.82. The van der Waals surface area contributed by atoms with Crippen LogP contribution in [0.5, 0.6) is 0 Å². The smallest absolute Gasteiger partial charge is 0.224 e. The number of benzene rings is 2. The zero-order valence-electron chi connectivity index (χ0n) is 15.4. The minimum absolute atomic E-state index is 0.00682. The molecule has 5 heteroatoms. The summed E-state index contributed by atoms with van der Waals surface area (Å²) in [6, 6.07) is 14.4. The Morgan fingerprint density at radius 2 is 1.96 bits per heavy atom. The topological polar surface area (TPSA) is 43.8 Å². The first-order chi connectivity index (χ1) is 13.1. The van der Waals surface area contributed by atoms with Gasteiger partial charge in [-0.15, -0.1) is 6.58 Å². The molecule has 2 aromatic rings. The van der Waals surface area contributed by atoms with Crippen molar-refractivity contribution in [3.8, 4) is 0 Å². The second-order valence-corrected chi connectivity index (χ2v) is 6.88. The van der Waals surface area contributed by atoms with E-state index in [9.17, 15) is 14.3 Å². The third-order valence-corrected chi connectivity index (χ3v) is 4.79. The van der Waals surface area contributed by atoms with Crippen LogP contribution in [-0.4, -0.2) is 41.7 Å². The van der Waals surface area contributed by atoms with Crippen molar-refractivity contribution in [2.45, 2.75) is 25.5 Å². The summed E-state index contributed by atoms with van der Waals surface area (Å²) in [7, 11) is 0. The molecule has 0 saturated heterocycles. The Balaban J connectivity index is 1.81. The van der Waals surface area contributed by atoms with Gasteiger partial charge in [-0.25, -0.2) is 4.39 Å². The lowest BCUT2D eigenvalue weighted by atomic mass is 10.0. The SMILES string of the molecule is C=CCN1Cc2cc(F)ccc2N(CC(O)Cc2ccccc2)CCC1=O. The van der Waals surface area contributed by atoms with Crippen molar-refractivity contribution < 1.29 is 14.3 Å². The minimum atomic E-state index is -0.580. The van der Waals surface area contributed by atoms with Crippen LogP contribution in [0.25, 0.3) is 0 Å². The summed E-state index contributed by atoms with van der Waals surface area (Å²) in [5, 5.41) is 10.6. The minimum Gasteiger partial charge on any atom is -0.391 e. The summed E-state index contributed by atoms with van der Waals surface area (Å²) >= 11 is 0. The quantitative estimate of drug-likeness (QED) is 0.797. The molecule has 1 amide bonds. The number of fused-ring (bicyclic) bond motifs is 1.